The highest BCUT2D eigenvalue weighted by Gasteiger charge is 2.13. The van der Waals surface area contributed by atoms with Gasteiger partial charge in [0.15, 0.2) is 0 Å². The van der Waals surface area contributed by atoms with Crippen LogP contribution in [0.1, 0.15) is 13.3 Å². The molecule has 0 atom stereocenters. The number of quaternary nitrogens is 1. The minimum absolute atomic E-state index is 0.125. The van der Waals surface area contributed by atoms with E-state index in [2.05, 4.69) is 0 Å². The second kappa shape index (κ2) is 5.95. The summed E-state index contributed by atoms with van der Waals surface area (Å²) in [6.45, 7) is 4.29. The third-order valence-electron chi connectivity index (χ3n) is 1.58. The van der Waals surface area contributed by atoms with Crippen LogP contribution in [0.15, 0.2) is 0 Å². The third-order valence-corrected chi connectivity index (χ3v) is 1.58. The van der Waals surface area contributed by atoms with E-state index < -0.39 is 0 Å². The quantitative estimate of drug-likeness (QED) is 0.402. The zero-order chi connectivity index (χ0) is 9.45. The van der Waals surface area contributed by atoms with Gasteiger partial charge in [0, 0.05) is 6.42 Å². The molecule has 0 aromatic carbocycles. The average Bonchev–Trinajstić information content (AvgIpc) is 2.05. The molecule has 0 N–H and O–H groups in total. The minimum Gasteiger partial charge on any atom is -0.633 e. The Morgan fingerprint density at radius 2 is 1.92 bits per heavy atom. The Hall–Kier alpha value is -0.630. The van der Waals surface area contributed by atoms with Crippen molar-refractivity contribution < 1.29 is 9.38 Å². The Kier molecular flexibility index (Phi) is 5.64. The summed E-state index contributed by atoms with van der Waals surface area (Å²) in [6.07, 6.45) is 0.625. The van der Waals surface area contributed by atoms with Crippen molar-refractivity contribution in [1.29, 1.82) is 5.26 Å². The van der Waals surface area contributed by atoms with Gasteiger partial charge in [-0.2, -0.15) is 5.26 Å². The fourth-order valence-corrected chi connectivity index (χ4v) is 0.729. The van der Waals surface area contributed by atoms with E-state index in [1.807, 2.05) is 13.0 Å². The predicted octanol–water partition coefficient (Wildman–Crippen LogP) is 0.881. The van der Waals surface area contributed by atoms with Crippen molar-refractivity contribution >= 4 is 0 Å². The maximum Gasteiger partial charge on any atom is 0.102 e. The van der Waals surface area contributed by atoms with Crippen LogP contribution in [0.4, 0.5) is 0 Å². The monoisotopic (exact) mass is 172 g/mol. The summed E-state index contributed by atoms with van der Waals surface area (Å²) in [6, 6.07) is 1.93. The van der Waals surface area contributed by atoms with Gasteiger partial charge in [0.05, 0.1) is 26.3 Å². The van der Waals surface area contributed by atoms with Crippen molar-refractivity contribution in [3.63, 3.8) is 0 Å². The predicted molar refractivity (Wildman–Crippen MR) is 46.0 cm³/mol. The van der Waals surface area contributed by atoms with Crippen LogP contribution < -0.4 is 0 Å². The van der Waals surface area contributed by atoms with Crippen LogP contribution in [0, 0.1) is 16.5 Å². The van der Waals surface area contributed by atoms with Gasteiger partial charge in [-0.25, -0.2) is 0 Å². The molecular weight excluding hydrogens is 156 g/mol. The van der Waals surface area contributed by atoms with Gasteiger partial charge in [0.25, 0.3) is 0 Å². The number of nitriles is 1. The number of hydrogen-bond acceptors (Lipinski definition) is 3. The summed E-state index contributed by atoms with van der Waals surface area (Å²) in [5.74, 6) is 0. The van der Waals surface area contributed by atoms with Crippen molar-refractivity contribution in [2.75, 3.05) is 33.4 Å². The highest BCUT2D eigenvalue weighted by atomic mass is 16.6. The molecule has 0 saturated carbocycles. The molecule has 0 radical (unpaired) electrons. The van der Waals surface area contributed by atoms with Gasteiger partial charge in [-0.15, -0.1) is 0 Å². The van der Waals surface area contributed by atoms with Gasteiger partial charge < -0.3 is 14.6 Å². The Bertz CT molecular complexity index is 144. The van der Waals surface area contributed by atoms with E-state index >= 15 is 0 Å². The van der Waals surface area contributed by atoms with E-state index in [9.17, 15) is 5.21 Å². The van der Waals surface area contributed by atoms with Gasteiger partial charge in [-0.05, 0) is 0 Å². The highest BCUT2D eigenvalue weighted by molar-refractivity contribution is 4.61. The number of nitrogens with zero attached hydrogens (tertiary/aromatic N) is 2. The average molecular weight is 172 g/mol. The Labute approximate surface area is 73.5 Å². The smallest absolute Gasteiger partial charge is 0.102 e. The zero-order valence-electron chi connectivity index (χ0n) is 7.75. The van der Waals surface area contributed by atoms with Crippen LogP contribution in [0.25, 0.3) is 0 Å². The lowest BCUT2D eigenvalue weighted by Gasteiger charge is -2.41. The standard InChI is InChI=1S/C5H11NO2.C3H5N/c1-6(7)2-4-8-5-3-6;1-2-3-4/h2-5H2,1H3;2H2,1H3. The summed E-state index contributed by atoms with van der Waals surface area (Å²) in [4.78, 5) is 0. The van der Waals surface area contributed by atoms with Gasteiger partial charge in [-0.3, -0.25) is 0 Å². The van der Waals surface area contributed by atoms with Crippen molar-refractivity contribution in [3.05, 3.63) is 5.21 Å². The van der Waals surface area contributed by atoms with E-state index in [1.165, 1.54) is 0 Å². The van der Waals surface area contributed by atoms with Gasteiger partial charge in [0.2, 0.25) is 0 Å². The summed E-state index contributed by atoms with van der Waals surface area (Å²) < 4.78 is 4.86. The number of rotatable bonds is 0. The summed E-state index contributed by atoms with van der Waals surface area (Å²) in [5, 5.41) is 18.6. The summed E-state index contributed by atoms with van der Waals surface area (Å²) >= 11 is 0. The molecule has 1 aliphatic heterocycles. The second-order valence-electron chi connectivity index (χ2n) is 2.87. The molecule has 0 amide bonds. The van der Waals surface area contributed by atoms with Gasteiger partial charge >= 0.3 is 0 Å². The molecule has 0 unspecified atom stereocenters. The van der Waals surface area contributed by atoms with Crippen LogP contribution in [0.3, 0.4) is 0 Å². The largest absolute Gasteiger partial charge is 0.633 e. The maximum atomic E-state index is 11.0. The Balaban J connectivity index is 0.000000261. The van der Waals surface area contributed by atoms with E-state index in [-0.39, 0.29) is 4.65 Å². The van der Waals surface area contributed by atoms with E-state index in [0.29, 0.717) is 32.7 Å². The molecule has 4 heteroatoms. The van der Waals surface area contributed by atoms with Crippen molar-refractivity contribution in [2.24, 2.45) is 0 Å². The fraction of sp³-hybridized carbons (Fsp3) is 0.875. The van der Waals surface area contributed by atoms with Crippen LogP contribution in [-0.4, -0.2) is 38.0 Å². The molecular formula is C8H16N2O2. The van der Waals surface area contributed by atoms with E-state index in [0.717, 1.165) is 0 Å². The topological polar surface area (TPSA) is 56.1 Å². The molecule has 0 aliphatic carbocycles. The zero-order valence-corrected chi connectivity index (χ0v) is 7.75. The Morgan fingerprint density at radius 3 is 2.08 bits per heavy atom. The van der Waals surface area contributed by atoms with E-state index in [4.69, 9.17) is 10.00 Å². The molecule has 0 spiro atoms. The number of morpholine rings is 1. The normalized spacial score (nSPS) is 20.2. The lowest BCUT2D eigenvalue weighted by Crippen LogP contribution is -2.46. The number of ether oxygens (including phenoxy) is 1. The van der Waals surface area contributed by atoms with Crippen LogP contribution in [-0.2, 0) is 4.74 Å². The second-order valence-corrected chi connectivity index (χ2v) is 2.87. The highest BCUT2D eigenvalue weighted by Crippen LogP contribution is 2.02. The van der Waals surface area contributed by atoms with Crippen LogP contribution >= 0.6 is 0 Å². The van der Waals surface area contributed by atoms with Gasteiger partial charge in [-0.1, -0.05) is 6.92 Å². The molecule has 12 heavy (non-hydrogen) atoms. The number of likely N-dealkylation sites (N-methyl/N-ethyl adjacent to an activating group) is 1. The van der Waals surface area contributed by atoms with E-state index in [1.54, 1.807) is 7.05 Å². The number of hydrogen-bond donors (Lipinski definition) is 0. The molecule has 1 heterocycles. The van der Waals surface area contributed by atoms with Crippen molar-refractivity contribution in [3.8, 4) is 6.07 Å². The summed E-state index contributed by atoms with van der Waals surface area (Å²) in [5.41, 5.74) is 0. The first-order valence-electron chi connectivity index (χ1n) is 4.12. The fourth-order valence-electron chi connectivity index (χ4n) is 0.729. The molecule has 0 aromatic heterocycles. The molecule has 70 valence electrons. The third kappa shape index (κ3) is 6.10. The summed E-state index contributed by atoms with van der Waals surface area (Å²) in [7, 11) is 1.68. The molecule has 0 aromatic rings. The first kappa shape index (κ1) is 11.4. The van der Waals surface area contributed by atoms with Crippen molar-refractivity contribution in [1.82, 2.24) is 0 Å². The molecule has 1 saturated heterocycles. The minimum atomic E-state index is -0.125. The molecule has 4 nitrogen and oxygen atoms in total. The lowest BCUT2D eigenvalue weighted by molar-refractivity contribution is -0.869. The molecule has 0 bridgehead atoms. The number of hydroxylamine groups is 3. The molecule has 1 aliphatic rings. The first-order valence-corrected chi connectivity index (χ1v) is 4.12. The molecule has 1 fully saturated rings. The Morgan fingerprint density at radius 1 is 1.50 bits per heavy atom. The van der Waals surface area contributed by atoms with Gasteiger partial charge in [0.1, 0.15) is 13.1 Å². The first-order chi connectivity index (χ1) is 5.62. The maximum absolute atomic E-state index is 11.0. The lowest BCUT2D eigenvalue weighted by atomic mass is 10.4. The molecule has 1 rings (SSSR count). The van der Waals surface area contributed by atoms with Crippen LogP contribution in [0.5, 0.6) is 0 Å². The van der Waals surface area contributed by atoms with Crippen molar-refractivity contribution in [2.45, 2.75) is 13.3 Å². The van der Waals surface area contributed by atoms with Crippen LogP contribution in [0.2, 0.25) is 0 Å². The SMILES string of the molecule is CCC#N.C[N+]1([O-])CCOCC1.